The van der Waals surface area contributed by atoms with Crippen LogP contribution in [0.5, 0.6) is 0 Å². The van der Waals surface area contributed by atoms with Crippen molar-refractivity contribution in [3.63, 3.8) is 0 Å². The van der Waals surface area contributed by atoms with Crippen molar-refractivity contribution >= 4 is 75.4 Å². The summed E-state index contributed by atoms with van der Waals surface area (Å²) in [5.41, 5.74) is 13.3. The summed E-state index contributed by atoms with van der Waals surface area (Å²) in [6.45, 7) is 0. The number of hydrogen-bond donors (Lipinski definition) is 0. The van der Waals surface area contributed by atoms with Crippen molar-refractivity contribution in [3.05, 3.63) is 170 Å². The van der Waals surface area contributed by atoms with Gasteiger partial charge in [-0.25, -0.2) is 0 Å². The summed E-state index contributed by atoms with van der Waals surface area (Å²) in [7, 11) is 0. The van der Waals surface area contributed by atoms with E-state index in [4.69, 9.17) is 8.83 Å². The summed E-state index contributed by atoms with van der Waals surface area (Å²) in [4.78, 5) is 0. The van der Waals surface area contributed by atoms with Crippen molar-refractivity contribution in [1.82, 2.24) is 0 Å². The van der Waals surface area contributed by atoms with Crippen molar-refractivity contribution in [2.24, 2.45) is 0 Å². The molecule has 3 heteroatoms. The van der Waals surface area contributed by atoms with E-state index in [0.717, 1.165) is 43.9 Å². The van der Waals surface area contributed by atoms with Gasteiger partial charge < -0.3 is 8.83 Å². The van der Waals surface area contributed by atoms with Gasteiger partial charge in [-0.1, -0.05) is 97.1 Å². The standard InChI is InChI=1S/C48H28O2S/c1-3-13-43-37(11-1)39-25-33(15-19-45(39)49-43)29-7-5-9-31(23-29)35-17-21-47-41(27-35)42-28-36(18-22-48(42)51-47)32-10-6-8-30(24-32)34-16-20-46-40(26-34)38-12-2-4-14-44(38)50-46/h1-28H. The number of para-hydroxylation sites is 2. The van der Waals surface area contributed by atoms with Gasteiger partial charge in [-0.2, -0.15) is 0 Å². The van der Waals surface area contributed by atoms with Gasteiger partial charge in [-0.3, -0.25) is 0 Å². The Morgan fingerprint density at radius 2 is 0.608 bits per heavy atom. The molecule has 0 saturated heterocycles. The van der Waals surface area contributed by atoms with Crippen LogP contribution in [-0.4, -0.2) is 0 Å². The third-order valence-corrected chi connectivity index (χ3v) is 11.4. The average molecular weight is 669 g/mol. The molecule has 0 saturated carbocycles. The molecule has 0 amide bonds. The predicted molar refractivity (Wildman–Crippen MR) is 216 cm³/mol. The van der Waals surface area contributed by atoms with Crippen LogP contribution in [0.1, 0.15) is 0 Å². The van der Waals surface area contributed by atoms with Crippen LogP contribution in [0.15, 0.2) is 179 Å². The third kappa shape index (κ3) is 4.63. The molecule has 2 nitrogen and oxygen atoms in total. The summed E-state index contributed by atoms with van der Waals surface area (Å²) in [5, 5.41) is 7.17. The number of thiophene rings is 1. The Kier molecular flexibility index (Phi) is 6.16. The maximum atomic E-state index is 6.09. The average Bonchev–Trinajstić information content (AvgIpc) is 3.88. The lowest BCUT2D eigenvalue weighted by molar-refractivity contribution is 0.668. The van der Waals surface area contributed by atoms with E-state index in [1.807, 2.05) is 35.6 Å². The number of fused-ring (bicyclic) bond motifs is 9. The highest BCUT2D eigenvalue weighted by Crippen LogP contribution is 2.40. The van der Waals surface area contributed by atoms with Gasteiger partial charge in [0.2, 0.25) is 0 Å². The van der Waals surface area contributed by atoms with E-state index in [-0.39, 0.29) is 0 Å². The fourth-order valence-corrected chi connectivity index (χ4v) is 8.77. The van der Waals surface area contributed by atoms with Gasteiger partial charge in [0.1, 0.15) is 22.3 Å². The zero-order valence-electron chi connectivity index (χ0n) is 27.4. The molecule has 0 radical (unpaired) electrons. The van der Waals surface area contributed by atoms with Crippen LogP contribution < -0.4 is 0 Å². The molecule has 0 atom stereocenters. The Morgan fingerprint density at radius 3 is 1.06 bits per heavy atom. The van der Waals surface area contributed by atoms with E-state index in [2.05, 4.69) is 146 Å². The van der Waals surface area contributed by atoms with Crippen molar-refractivity contribution in [2.45, 2.75) is 0 Å². The first-order valence-corrected chi connectivity index (χ1v) is 18.0. The highest BCUT2D eigenvalue weighted by atomic mass is 32.1. The molecule has 0 fully saturated rings. The summed E-state index contributed by atoms with van der Waals surface area (Å²) < 4.78 is 14.8. The molecule has 238 valence electrons. The van der Waals surface area contributed by atoms with Gasteiger partial charge in [0.05, 0.1) is 0 Å². The molecule has 0 aliphatic carbocycles. The Labute approximate surface area is 297 Å². The highest BCUT2D eigenvalue weighted by Gasteiger charge is 2.13. The quantitative estimate of drug-likeness (QED) is 0.187. The number of rotatable bonds is 4. The van der Waals surface area contributed by atoms with Crippen molar-refractivity contribution < 1.29 is 8.83 Å². The van der Waals surface area contributed by atoms with Crippen LogP contribution in [0.25, 0.3) is 109 Å². The van der Waals surface area contributed by atoms with Crippen LogP contribution in [0.4, 0.5) is 0 Å². The Bertz CT molecular complexity index is 2940. The first-order chi connectivity index (χ1) is 25.2. The van der Waals surface area contributed by atoms with Gasteiger partial charge >= 0.3 is 0 Å². The SMILES string of the molecule is c1cc(-c2ccc3oc4ccccc4c3c2)cc(-c2ccc3sc4ccc(-c5cccc(-c6ccc7oc8ccccc8c7c6)c5)cc4c3c2)c1. The lowest BCUT2D eigenvalue weighted by Gasteiger charge is -2.08. The fraction of sp³-hybridized carbons (Fsp3) is 0. The van der Waals surface area contributed by atoms with Crippen molar-refractivity contribution in [3.8, 4) is 44.5 Å². The molecule has 11 rings (SSSR count). The molecule has 0 N–H and O–H groups in total. The molecule has 0 spiro atoms. The first-order valence-electron chi connectivity index (χ1n) is 17.2. The van der Waals surface area contributed by atoms with E-state index in [9.17, 15) is 0 Å². The van der Waals surface area contributed by atoms with Crippen molar-refractivity contribution in [1.29, 1.82) is 0 Å². The fourth-order valence-electron chi connectivity index (χ4n) is 7.70. The van der Waals surface area contributed by atoms with Crippen molar-refractivity contribution in [2.75, 3.05) is 0 Å². The van der Waals surface area contributed by atoms with E-state index in [1.165, 1.54) is 64.7 Å². The zero-order chi connectivity index (χ0) is 33.5. The Morgan fingerprint density at radius 1 is 0.255 bits per heavy atom. The molecule has 51 heavy (non-hydrogen) atoms. The molecular weight excluding hydrogens is 641 g/mol. The molecule has 0 aliphatic heterocycles. The van der Waals surface area contributed by atoms with Gasteiger partial charge in [-0.15, -0.1) is 11.3 Å². The van der Waals surface area contributed by atoms with E-state index in [0.29, 0.717) is 0 Å². The third-order valence-electron chi connectivity index (χ3n) is 10.3. The van der Waals surface area contributed by atoms with Gasteiger partial charge in [0.25, 0.3) is 0 Å². The van der Waals surface area contributed by atoms with Crippen LogP contribution in [-0.2, 0) is 0 Å². The summed E-state index contributed by atoms with van der Waals surface area (Å²) in [6, 6.07) is 61.1. The van der Waals surface area contributed by atoms with Gasteiger partial charge in [-0.05, 0) is 117 Å². The predicted octanol–water partition coefficient (Wildman–Crippen LogP) is 14.5. The lowest BCUT2D eigenvalue weighted by atomic mass is 9.96. The largest absolute Gasteiger partial charge is 0.456 e. The molecule has 0 aliphatic rings. The lowest BCUT2D eigenvalue weighted by Crippen LogP contribution is -1.83. The second kappa shape index (κ2) is 11.0. The highest BCUT2D eigenvalue weighted by molar-refractivity contribution is 7.25. The molecule has 3 heterocycles. The smallest absolute Gasteiger partial charge is 0.135 e. The molecule has 11 aromatic rings. The zero-order valence-corrected chi connectivity index (χ0v) is 28.2. The molecular formula is C48H28O2S. The van der Waals surface area contributed by atoms with Gasteiger partial charge in [0, 0.05) is 41.7 Å². The maximum absolute atomic E-state index is 6.09. The summed E-state index contributed by atoms with van der Waals surface area (Å²) >= 11 is 1.86. The minimum atomic E-state index is 0.918. The minimum Gasteiger partial charge on any atom is -0.456 e. The van der Waals surface area contributed by atoms with E-state index >= 15 is 0 Å². The summed E-state index contributed by atoms with van der Waals surface area (Å²) in [6.07, 6.45) is 0. The van der Waals surface area contributed by atoms with Crippen LogP contribution >= 0.6 is 11.3 Å². The minimum absolute atomic E-state index is 0.918. The number of furan rings is 2. The van der Waals surface area contributed by atoms with Crippen LogP contribution in [0.2, 0.25) is 0 Å². The summed E-state index contributed by atoms with van der Waals surface area (Å²) in [5.74, 6) is 0. The number of hydrogen-bond acceptors (Lipinski definition) is 3. The normalized spacial score (nSPS) is 11.9. The second-order valence-electron chi connectivity index (χ2n) is 13.3. The maximum Gasteiger partial charge on any atom is 0.135 e. The molecule has 0 unspecified atom stereocenters. The topological polar surface area (TPSA) is 26.3 Å². The second-order valence-corrected chi connectivity index (χ2v) is 14.4. The number of benzene rings is 8. The van der Waals surface area contributed by atoms with Crippen LogP contribution in [0, 0.1) is 0 Å². The monoisotopic (exact) mass is 668 g/mol. The molecule has 3 aromatic heterocycles. The first kappa shape index (κ1) is 28.4. The van der Waals surface area contributed by atoms with E-state index in [1.54, 1.807) is 0 Å². The molecule has 8 aromatic carbocycles. The van der Waals surface area contributed by atoms with E-state index < -0.39 is 0 Å². The van der Waals surface area contributed by atoms with Gasteiger partial charge in [0.15, 0.2) is 0 Å². The Balaban J connectivity index is 0.965. The molecule has 0 bridgehead atoms. The van der Waals surface area contributed by atoms with Crippen LogP contribution in [0.3, 0.4) is 0 Å². The Hall–Kier alpha value is -6.42.